The highest BCUT2D eigenvalue weighted by Crippen LogP contribution is 2.34. The molecule has 1 aliphatic rings. The highest BCUT2D eigenvalue weighted by molar-refractivity contribution is 7.93. The molecule has 0 spiro atoms. The van der Waals surface area contributed by atoms with Crippen LogP contribution in [0, 0.1) is 0 Å². The van der Waals surface area contributed by atoms with Gasteiger partial charge in [-0.25, -0.2) is 13.4 Å². The fourth-order valence-electron chi connectivity index (χ4n) is 2.53. The third-order valence-electron chi connectivity index (χ3n) is 3.99. The van der Waals surface area contributed by atoms with E-state index in [-0.39, 0.29) is 5.25 Å². The monoisotopic (exact) mass is 390 g/mol. The summed E-state index contributed by atoms with van der Waals surface area (Å²) in [5, 5.41) is 3.20. The molecule has 7 heteroatoms. The lowest BCUT2D eigenvalue weighted by Gasteiger charge is -2.08. The van der Waals surface area contributed by atoms with Gasteiger partial charge in [-0.2, -0.15) is 0 Å². The van der Waals surface area contributed by atoms with Crippen LogP contribution in [0.25, 0.3) is 21.8 Å². The summed E-state index contributed by atoms with van der Waals surface area (Å²) >= 11 is 7.75. The number of hydrogen-bond acceptors (Lipinski definition) is 4. The van der Waals surface area contributed by atoms with Crippen LogP contribution >= 0.6 is 22.9 Å². The Kier molecular flexibility index (Phi) is 4.27. The zero-order valence-electron chi connectivity index (χ0n) is 13.1. The van der Waals surface area contributed by atoms with Crippen LogP contribution in [-0.2, 0) is 10.0 Å². The van der Waals surface area contributed by atoms with Crippen LogP contribution in [0.1, 0.15) is 12.8 Å². The van der Waals surface area contributed by atoms with Crippen molar-refractivity contribution in [3.05, 3.63) is 58.9 Å². The Morgan fingerprint density at radius 1 is 1.12 bits per heavy atom. The number of rotatable bonds is 5. The number of thiazole rings is 1. The number of nitrogens with one attached hydrogen (secondary N) is 1. The number of aromatic nitrogens is 1. The molecule has 0 radical (unpaired) electrons. The molecule has 0 aliphatic heterocycles. The van der Waals surface area contributed by atoms with Crippen molar-refractivity contribution in [3.63, 3.8) is 0 Å². The zero-order valence-corrected chi connectivity index (χ0v) is 15.5. The highest BCUT2D eigenvalue weighted by Gasteiger charge is 2.35. The molecule has 4 rings (SSSR count). The number of benzene rings is 2. The van der Waals surface area contributed by atoms with Gasteiger partial charge in [-0.15, -0.1) is 11.3 Å². The van der Waals surface area contributed by atoms with Gasteiger partial charge in [-0.05, 0) is 31.0 Å². The molecule has 1 N–H and O–H groups in total. The number of anilines is 1. The summed E-state index contributed by atoms with van der Waals surface area (Å²) in [4.78, 5) is 4.65. The van der Waals surface area contributed by atoms with E-state index >= 15 is 0 Å². The second kappa shape index (κ2) is 6.44. The average Bonchev–Trinajstić information content (AvgIpc) is 3.35. The summed E-state index contributed by atoms with van der Waals surface area (Å²) in [6.07, 6.45) is 1.48. The zero-order chi connectivity index (χ0) is 17.4. The Balaban J connectivity index is 1.63. The standard InChI is InChI=1S/C18H15ClN2O2S2/c19-16-7-2-1-6-15(16)18-20-17(11-24-18)12-4-3-5-13(10-12)21-25(22,23)14-8-9-14/h1-7,10-11,14,21H,8-9H2. The molecular formula is C18H15ClN2O2S2. The lowest BCUT2D eigenvalue weighted by molar-refractivity contribution is 0.600. The van der Waals surface area contributed by atoms with Crippen molar-refractivity contribution in [1.29, 1.82) is 0 Å². The molecule has 1 fully saturated rings. The topological polar surface area (TPSA) is 59.1 Å². The fraction of sp³-hybridized carbons (Fsp3) is 0.167. The molecule has 25 heavy (non-hydrogen) atoms. The third kappa shape index (κ3) is 3.56. The molecule has 0 bridgehead atoms. The van der Waals surface area contributed by atoms with Gasteiger partial charge in [-0.1, -0.05) is 41.9 Å². The first-order valence-corrected chi connectivity index (χ1v) is 10.7. The summed E-state index contributed by atoms with van der Waals surface area (Å²) in [5.41, 5.74) is 3.13. The van der Waals surface area contributed by atoms with Gasteiger partial charge < -0.3 is 0 Å². The van der Waals surface area contributed by atoms with Gasteiger partial charge in [0.1, 0.15) is 5.01 Å². The van der Waals surface area contributed by atoms with Crippen molar-refractivity contribution in [1.82, 2.24) is 4.98 Å². The summed E-state index contributed by atoms with van der Waals surface area (Å²) in [7, 11) is -3.27. The van der Waals surface area contributed by atoms with E-state index in [4.69, 9.17) is 11.6 Å². The minimum atomic E-state index is -3.27. The Hall–Kier alpha value is -1.89. The van der Waals surface area contributed by atoms with E-state index in [1.807, 2.05) is 47.8 Å². The smallest absolute Gasteiger partial charge is 0.235 e. The molecule has 2 aromatic carbocycles. The van der Waals surface area contributed by atoms with Crippen LogP contribution in [0.5, 0.6) is 0 Å². The van der Waals surface area contributed by atoms with Crippen LogP contribution in [0.2, 0.25) is 5.02 Å². The maximum Gasteiger partial charge on any atom is 0.235 e. The molecule has 0 saturated heterocycles. The van der Waals surface area contributed by atoms with Crippen molar-refractivity contribution in [2.24, 2.45) is 0 Å². The molecule has 3 aromatic rings. The Bertz CT molecular complexity index is 1030. The van der Waals surface area contributed by atoms with Gasteiger partial charge in [0.05, 0.1) is 16.0 Å². The van der Waals surface area contributed by atoms with Crippen LogP contribution in [-0.4, -0.2) is 18.7 Å². The number of hydrogen-bond donors (Lipinski definition) is 1. The van der Waals surface area contributed by atoms with E-state index in [2.05, 4.69) is 9.71 Å². The Morgan fingerprint density at radius 3 is 2.68 bits per heavy atom. The molecule has 1 aromatic heterocycles. The second-order valence-electron chi connectivity index (χ2n) is 5.94. The van der Waals surface area contributed by atoms with Crippen molar-refractivity contribution >= 4 is 38.6 Å². The molecule has 1 heterocycles. The Morgan fingerprint density at radius 2 is 1.92 bits per heavy atom. The lowest BCUT2D eigenvalue weighted by atomic mass is 10.1. The summed E-state index contributed by atoms with van der Waals surface area (Å²) in [6.45, 7) is 0. The summed E-state index contributed by atoms with van der Waals surface area (Å²) in [5.74, 6) is 0. The van der Waals surface area contributed by atoms with Crippen molar-refractivity contribution < 1.29 is 8.42 Å². The van der Waals surface area contributed by atoms with Gasteiger partial charge >= 0.3 is 0 Å². The normalized spacial score (nSPS) is 14.4. The minimum absolute atomic E-state index is 0.248. The van der Waals surface area contributed by atoms with Gasteiger partial charge in [0.25, 0.3) is 0 Å². The van der Waals surface area contributed by atoms with E-state index in [9.17, 15) is 8.42 Å². The number of nitrogens with zero attached hydrogens (tertiary/aromatic N) is 1. The minimum Gasteiger partial charge on any atom is -0.283 e. The summed E-state index contributed by atoms with van der Waals surface area (Å²) < 4.78 is 26.9. The van der Waals surface area contributed by atoms with E-state index in [0.29, 0.717) is 10.7 Å². The molecule has 1 saturated carbocycles. The highest BCUT2D eigenvalue weighted by atomic mass is 35.5. The molecule has 0 atom stereocenters. The van der Waals surface area contributed by atoms with E-state index < -0.39 is 10.0 Å². The van der Waals surface area contributed by atoms with Crippen LogP contribution in [0.3, 0.4) is 0 Å². The van der Waals surface area contributed by atoms with Crippen molar-refractivity contribution in [3.8, 4) is 21.8 Å². The number of halogens is 1. The first kappa shape index (κ1) is 16.6. The van der Waals surface area contributed by atoms with Crippen molar-refractivity contribution in [2.75, 3.05) is 4.72 Å². The first-order chi connectivity index (χ1) is 12.0. The third-order valence-corrected chi connectivity index (χ3v) is 7.06. The largest absolute Gasteiger partial charge is 0.283 e. The fourth-order valence-corrected chi connectivity index (χ4v) is 5.06. The molecule has 4 nitrogen and oxygen atoms in total. The van der Waals surface area contributed by atoms with E-state index in [0.717, 1.165) is 34.7 Å². The average molecular weight is 391 g/mol. The Labute approximate surface area is 155 Å². The van der Waals surface area contributed by atoms with Gasteiger partial charge in [-0.3, -0.25) is 4.72 Å². The molecular weight excluding hydrogens is 376 g/mol. The SMILES string of the molecule is O=S(=O)(Nc1cccc(-c2csc(-c3ccccc3Cl)n2)c1)C1CC1. The molecule has 0 amide bonds. The van der Waals surface area contributed by atoms with Gasteiger partial charge in [0.15, 0.2) is 0 Å². The predicted octanol–water partition coefficient (Wildman–Crippen LogP) is 5.03. The number of sulfonamides is 1. The van der Waals surface area contributed by atoms with Crippen molar-refractivity contribution in [2.45, 2.75) is 18.1 Å². The summed E-state index contributed by atoms with van der Waals surface area (Å²) in [6, 6.07) is 14.9. The van der Waals surface area contributed by atoms with Crippen LogP contribution in [0.15, 0.2) is 53.9 Å². The first-order valence-electron chi connectivity index (χ1n) is 7.85. The van der Waals surface area contributed by atoms with E-state index in [1.165, 1.54) is 11.3 Å². The van der Waals surface area contributed by atoms with Gasteiger partial charge in [0.2, 0.25) is 10.0 Å². The quantitative estimate of drug-likeness (QED) is 0.664. The van der Waals surface area contributed by atoms with Gasteiger partial charge in [0, 0.05) is 22.2 Å². The van der Waals surface area contributed by atoms with Crippen LogP contribution in [0.4, 0.5) is 5.69 Å². The second-order valence-corrected chi connectivity index (χ2v) is 9.17. The predicted molar refractivity (Wildman–Crippen MR) is 104 cm³/mol. The van der Waals surface area contributed by atoms with E-state index in [1.54, 1.807) is 6.07 Å². The molecule has 0 unspecified atom stereocenters. The molecule has 1 aliphatic carbocycles. The lowest BCUT2D eigenvalue weighted by Crippen LogP contribution is -2.17. The van der Waals surface area contributed by atoms with Crippen LogP contribution < -0.4 is 4.72 Å². The maximum atomic E-state index is 12.1. The molecule has 128 valence electrons. The maximum absolute atomic E-state index is 12.1.